The van der Waals surface area contributed by atoms with E-state index >= 15 is 0 Å². The zero-order valence-corrected chi connectivity index (χ0v) is 38.9. The Bertz CT molecular complexity index is 764. The summed E-state index contributed by atoms with van der Waals surface area (Å²) >= 11 is 0. The van der Waals surface area contributed by atoms with Gasteiger partial charge < -0.3 is 14.2 Å². The number of carbonyl (C=O) groups excluding carboxylic acids is 3. The Kier molecular flexibility index (Phi) is 42.7. The van der Waals surface area contributed by atoms with Crippen molar-refractivity contribution < 1.29 is 28.6 Å². The topological polar surface area (TPSA) is 78.9 Å². The molecule has 0 bridgehead atoms. The highest BCUT2D eigenvalue weighted by atomic mass is 16.6. The summed E-state index contributed by atoms with van der Waals surface area (Å²) in [4.78, 5) is 38.4. The molecule has 0 radical (unpaired) electrons. The van der Waals surface area contributed by atoms with Crippen molar-refractivity contribution in [2.24, 2.45) is 5.41 Å². The van der Waals surface area contributed by atoms with Gasteiger partial charge in [0.05, 0.1) is 5.41 Å². The summed E-state index contributed by atoms with van der Waals surface area (Å²) in [6, 6.07) is 0. The number of unbranched alkanes of at least 4 members (excludes halogenated alkanes) is 33. The standard InChI is InChI=1S/C51H98O6/c1-5-9-12-15-18-21-24-27-30-33-36-39-42-48(52)55-45-51(8-4,46-56-49(53)43-40-37-34-31-28-25-22-19-16-13-10-6-2)47-57-50(54)44-41-38-35-32-29-26-23-20-17-14-11-7-3/h5-47H2,1-4H3. The molecular formula is C51H98O6. The lowest BCUT2D eigenvalue weighted by Crippen LogP contribution is -2.39. The summed E-state index contributed by atoms with van der Waals surface area (Å²) in [5.74, 6) is -0.651. The molecule has 0 fully saturated rings. The van der Waals surface area contributed by atoms with Crippen LogP contribution in [0.25, 0.3) is 0 Å². The predicted octanol–water partition coefficient (Wildman–Crippen LogP) is 16.3. The fourth-order valence-electron chi connectivity index (χ4n) is 7.68. The van der Waals surface area contributed by atoms with Crippen LogP contribution in [0.4, 0.5) is 0 Å². The van der Waals surface area contributed by atoms with Gasteiger partial charge in [0.15, 0.2) is 0 Å². The Morgan fingerprint density at radius 3 is 0.632 bits per heavy atom. The van der Waals surface area contributed by atoms with Gasteiger partial charge in [-0.05, 0) is 25.7 Å². The molecule has 0 aromatic rings. The van der Waals surface area contributed by atoms with Gasteiger partial charge in [-0.15, -0.1) is 0 Å². The summed E-state index contributed by atoms with van der Waals surface area (Å²) in [6.45, 7) is 9.07. The highest BCUT2D eigenvalue weighted by Gasteiger charge is 2.34. The molecule has 338 valence electrons. The van der Waals surface area contributed by atoms with Gasteiger partial charge in [0.1, 0.15) is 19.8 Å². The second kappa shape index (κ2) is 44.0. The van der Waals surface area contributed by atoms with Crippen LogP contribution in [-0.4, -0.2) is 37.7 Å². The lowest BCUT2D eigenvalue weighted by Gasteiger charge is -2.31. The Hall–Kier alpha value is -1.59. The molecule has 0 rings (SSSR count). The highest BCUT2D eigenvalue weighted by molar-refractivity contribution is 5.70. The predicted molar refractivity (Wildman–Crippen MR) is 243 cm³/mol. The SMILES string of the molecule is CCCCCCCCCCCCCCC(=O)OCC(CC)(COC(=O)CCCCCCCCCCCCCC)COC(=O)CCCCCCCCCCCCCC. The monoisotopic (exact) mass is 807 g/mol. The van der Waals surface area contributed by atoms with E-state index in [0.717, 1.165) is 57.8 Å². The summed E-state index contributed by atoms with van der Waals surface area (Å²) in [6.07, 6.45) is 46.8. The van der Waals surface area contributed by atoms with Gasteiger partial charge in [0.2, 0.25) is 0 Å². The Morgan fingerprint density at radius 1 is 0.281 bits per heavy atom. The molecule has 0 aliphatic heterocycles. The first-order valence-corrected chi connectivity index (χ1v) is 25.4. The van der Waals surface area contributed by atoms with Crippen molar-refractivity contribution >= 4 is 17.9 Å². The van der Waals surface area contributed by atoms with Crippen LogP contribution in [0.5, 0.6) is 0 Å². The molecule has 0 saturated carbocycles. The zero-order chi connectivity index (χ0) is 41.8. The van der Waals surface area contributed by atoms with Gasteiger partial charge in [-0.25, -0.2) is 0 Å². The molecule has 0 aliphatic carbocycles. The van der Waals surface area contributed by atoms with Crippen LogP contribution in [0.15, 0.2) is 0 Å². The summed E-state index contributed by atoms with van der Waals surface area (Å²) < 4.78 is 17.4. The third-order valence-electron chi connectivity index (χ3n) is 12.1. The van der Waals surface area contributed by atoms with E-state index in [1.165, 1.54) is 173 Å². The lowest BCUT2D eigenvalue weighted by molar-refractivity contribution is -0.162. The average Bonchev–Trinajstić information content (AvgIpc) is 3.22. The maximum atomic E-state index is 12.8. The molecule has 0 N–H and O–H groups in total. The van der Waals surface area contributed by atoms with Gasteiger partial charge in [-0.2, -0.15) is 0 Å². The van der Waals surface area contributed by atoms with Crippen molar-refractivity contribution in [2.75, 3.05) is 19.8 Å². The summed E-state index contributed by atoms with van der Waals surface area (Å²) in [5.41, 5.74) is -0.732. The minimum absolute atomic E-state index is 0.0956. The van der Waals surface area contributed by atoms with Gasteiger partial charge in [-0.3, -0.25) is 14.4 Å². The Labute approximate surface area is 355 Å². The first kappa shape index (κ1) is 55.4. The van der Waals surface area contributed by atoms with Crippen molar-refractivity contribution in [1.82, 2.24) is 0 Å². The van der Waals surface area contributed by atoms with E-state index in [9.17, 15) is 14.4 Å². The maximum Gasteiger partial charge on any atom is 0.305 e. The number of esters is 3. The Morgan fingerprint density at radius 2 is 0.456 bits per heavy atom. The fraction of sp³-hybridized carbons (Fsp3) is 0.941. The number of ether oxygens (including phenoxy) is 3. The minimum Gasteiger partial charge on any atom is -0.465 e. The second-order valence-electron chi connectivity index (χ2n) is 17.8. The Balaban J connectivity index is 4.58. The van der Waals surface area contributed by atoms with Crippen molar-refractivity contribution in [1.29, 1.82) is 0 Å². The van der Waals surface area contributed by atoms with E-state index in [1.54, 1.807) is 0 Å². The number of hydrogen-bond donors (Lipinski definition) is 0. The smallest absolute Gasteiger partial charge is 0.305 e. The van der Waals surface area contributed by atoms with Crippen molar-refractivity contribution in [3.05, 3.63) is 0 Å². The zero-order valence-electron chi connectivity index (χ0n) is 38.9. The van der Waals surface area contributed by atoms with E-state index in [2.05, 4.69) is 20.8 Å². The number of rotatable bonds is 46. The quantitative estimate of drug-likeness (QED) is 0.0346. The highest BCUT2D eigenvalue weighted by Crippen LogP contribution is 2.26. The van der Waals surface area contributed by atoms with Crippen molar-refractivity contribution in [3.63, 3.8) is 0 Å². The third-order valence-corrected chi connectivity index (χ3v) is 12.1. The molecule has 0 unspecified atom stereocenters. The van der Waals surface area contributed by atoms with Crippen LogP contribution < -0.4 is 0 Å². The molecule has 0 saturated heterocycles. The molecule has 6 heteroatoms. The van der Waals surface area contributed by atoms with E-state index in [-0.39, 0.29) is 37.7 Å². The number of carbonyl (C=O) groups is 3. The first-order valence-electron chi connectivity index (χ1n) is 25.4. The fourth-order valence-corrected chi connectivity index (χ4v) is 7.68. The van der Waals surface area contributed by atoms with Gasteiger partial charge in [0.25, 0.3) is 0 Å². The van der Waals surface area contributed by atoms with E-state index in [0.29, 0.717) is 25.7 Å². The van der Waals surface area contributed by atoms with Crippen LogP contribution >= 0.6 is 0 Å². The molecule has 0 aromatic carbocycles. The molecule has 57 heavy (non-hydrogen) atoms. The summed E-state index contributed by atoms with van der Waals surface area (Å²) in [7, 11) is 0. The molecule has 0 spiro atoms. The van der Waals surface area contributed by atoms with Crippen LogP contribution in [0.3, 0.4) is 0 Å². The molecule has 0 aromatic heterocycles. The van der Waals surface area contributed by atoms with Gasteiger partial charge in [0, 0.05) is 19.3 Å². The maximum absolute atomic E-state index is 12.8. The lowest BCUT2D eigenvalue weighted by atomic mass is 9.88. The molecule has 0 heterocycles. The molecule has 0 amide bonds. The average molecular weight is 807 g/mol. The van der Waals surface area contributed by atoms with Crippen molar-refractivity contribution in [3.8, 4) is 0 Å². The third kappa shape index (κ3) is 39.6. The molecule has 0 aliphatic rings. The van der Waals surface area contributed by atoms with E-state index in [4.69, 9.17) is 14.2 Å². The molecular weight excluding hydrogens is 709 g/mol. The summed E-state index contributed by atoms with van der Waals surface area (Å²) in [5, 5.41) is 0. The first-order chi connectivity index (χ1) is 27.9. The second-order valence-corrected chi connectivity index (χ2v) is 17.8. The normalized spacial score (nSPS) is 11.6. The van der Waals surface area contributed by atoms with Gasteiger partial charge >= 0.3 is 17.9 Å². The van der Waals surface area contributed by atoms with Crippen LogP contribution in [0.2, 0.25) is 0 Å². The molecule has 6 nitrogen and oxygen atoms in total. The molecule has 0 atom stereocenters. The van der Waals surface area contributed by atoms with Crippen LogP contribution in [0, 0.1) is 5.41 Å². The number of hydrogen-bond acceptors (Lipinski definition) is 6. The van der Waals surface area contributed by atoms with Gasteiger partial charge in [-0.1, -0.05) is 240 Å². The van der Waals surface area contributed by atoms with Crippen molar-refractivity contribution in [2.45, 2.75) is 285 Å². The van der Waals surface area contributed by atoms with E-state index in [1.807, 2.05) is 6.92 Å². The largest absolute Gasteiger partial charge is 0.465 e. The van der Waals surface area contributed by atoms with Crippen LogP contribution in [0.1, 0.15) is 285 Å². The van der Waals surface area contributed by atoms with Crippen LogP contribution in [-0.2, 0) is 28.6 Å². The van der Waals surface area contributed by atoms with E-state index < -0.39 is 5.41 Å². The minimum atomic E-state index is -0.732.